The molecule has 0 aromatic rings. The molecule has 1 saturated carbocycles. The normalized spacial score (nSPS) is 37.5. The van der Waals surface area contributed by atoms with Crippen molar-refractivity contribution in [2.24, 2.45) is 11.8 Å². The molecule has 0 bridgehead atoms. The Hall–Kier alpha value is -0.0800. The third-order valence-electron chi connectivity index (χ3n) is 3.57. The first-order valence-electron chi connectivity index (χ1n) is 6.12. The fourth-order valence-corrected chi connectivity index (χ4v) is 2.82. The van der Waals surface area contributed by atoms with E-state index >= 15 is 0 Å². The maximum absolute atomic E-state index is 5.75. The summed E-state index contributed by atoms with van der Waals surface area (Å²) in [5, 5.41) is 3.71. The molecule has 2 nitrogen and oxygen atoms in total. The van der Waals surface area contributed by atoms with Crippen molar-refractivity contribution in [1.82, 2.24) is 5.32 Å². The fraction of sp³-hybridized carbons (Fsp3) is 1.00. The summed E-state index contributed by atoms with van der Waals surface area (Å²) in [4.78, 5) is 0. The van der Waals surface area contributed by atoms with E-state index in [2.05, 4.69) is 19.2 Å². The van der Waals surface area contributed by atoms with Gasteiger partial charge in [-0.15, -0.1) is 0 Å². The number of hydrogen-bond donors (Lipinski definition) is 1. The zero-order chi connectivity index (χ0) is 9.97. The Morgan fingerprint density at radius 2 is 2.14 bits per heavy atom. The van der Waals surface area contributed by atoms with Gasteiger partial charge in [0.15, 0.2) is 0 Å². The van der Waals surface area contributed by atoms with Crippen LogP contribution in [-0.2, 0) is 4.74 Å². The molecule has 82 valence electrons. The van der Waals surface area contributed by atoms with Crippen molar-refractivity contribution < 1.29 is 4.74 Å². The number of nitrogens with one attached hydrogen (secondary N) is 1. The van der Waals surface area contributed by atoms with E-state index in [9.17, 15) is 0 Å². The lowest BCUT2D eigenvalue weighted by Gasteiger charge is -2.33. The molecule has 2 rings (SSSR count). The molecule has 3 unspecified atom stereocenters. The largest absolute Gasteiger partial charge is 0.378 e. The van der Waals surface area contributed by atoms with E-state index in [-0.39, 0.29) is 0 Å². The molecule has 2 fully saturated rings. The molecule has 0 spiro atoms. The Bertz CT molecular complexity index is 181. The molecule has 0 aromatic heterocycles. The lowest BCUT2D eigenvalue weighted by molar-refractivity contribution is 0.0527. The highest BCUT2D eigenvalue weighted by Crippen LogP contribution is 2.34. The van der Waals surface area contributed by atoms with E-state index in [0.29, 0.717) is 6.10 Å². The van der Waals surface area contributed by atoms with Gasteiger partial charge in [-0.05, 0) is 38.1 Å². The maximum atomic E-state index is 5.75. The van der Waals surface area contributed by atoms with Gasteiger partial charge in [0.1, 0.15) is 0 Å². The van der Waals surface area contributed by atoms with Crippen LogP contribution in [0.5, 0.6) is 0 Å². The number of hydrogen-bond acceptors (Lipinski definition) is 2. The Morgan fingerprint density at radius 1 is 1.29 bits per heavy atom. The minimum atomic E-state index is 0.577. The fourth-order valence-electron chi connectivity index (χ4n) is 2.82. The van der Waals surface area contributed by atoms with Crippen molar-refractivity contribution in [2.45, 2.75) is 51.7 Å². The molecule has 2 heteroatoms. The molecule has 14 heavy (non-hydrogen) atoms. The van der Waals surface area contributed by atoms with E-state index in [1.165, 1.54) is 25.7 Å². The summed E-state index contributed by atoms with van der Waals surface area (Å²) in [6.45, 7) is 6.71. The minimum absolute atomic E-state index is 0.577. The van der Waals surface area contributed by atoms with Crippen LogP contribution in [0.4, 0.5) is 0 Å². The second-order valence-corrected chi connectivity index (χ2v) is 5.20. The highest BCUT2D eigenvalue weighted by molar-refractivity contribution is 4.90. The van der Waals surface area contributed by atoms with Crippen LogP contribution < -0.4 is 5.32 Å². The third-order valence-corrected chi connectivity index (χ3v) is 3.57. The van der Waals surface area contributed by atoms with Gasteiger partial charge in [0.2, 0.25) is 0 Å². The van der Waals surface area contributed by atoms with Crippen LogP contribution in [0.25, 0.3) is 0 Å². The Kier molecular flexibility index (Phi) is 3.45. The van der Waals surface area contributed by atoms with Crippen molar-refractivity contribution >= 4 is 0 Å². The first-order valence-corrected chi connectivity index (χ1v) is 6.12. The maximum Gasteiger partial charge on any atom is 0.0619 e. The lowest BCUT2D eigenvalue weighted by atomic mass is 9.81. The van der Waals surface area contributed by atoms with Crippen LogP contribution >= 0.6 is 0 Å². The number of fused-ring (bicyclic) bond motifs is 1. The van der Waals surface area contributed by atoms with Crippen molar-refractivity contribution in [1.29, 1.82) is 0 Å². The van der Waals surface area contributed by atoms with Gasteiger partial charge in [-0.25, -0.2) is 0 Å². The Morgan fingerprint density at radius 3 is 2.93 bits per heavy atom. The second kappa shape index (κ2) is 4.63. The lowest BCUT2D eigenvalue weighted by Crippen LogP contribution is -2.44. The van der Waals surface area contributed by atoms with Gasteiger partial charge in [-0.2, -0.15) is 0 Å². The molecule has 0 radical (unpaired) electrons. The first-order chi connectivity index (χ1) is 6.77. The van der Waals surface area contributed by atoms with E-state index in [1.807, 2.05) is 0 Å². The molecule has 2 aliphatic rings. The van der Waals surface area contributed by atoms with Crippen LogP contribution in [0.2, 0.25) is 0 Å². The SMILES string of the molecule is CC(C)CNC1CCCC2OCCC12. The molecule has 1 aliphatic heterocycles. The van der Waals surface area contributed by atoms with Crippen molar-refractivity contribution in [3.63, 3.8) is 0 Å². The predicted molar refractivity (Wildman–Crippen MR) is 58.3 cm³/mol. The van der Waals surface area contributed by atoms with Crippen molar-refractivity contribution in [3.8, 4) is 0 Å². The molecule has 1 aliphatic carbocycles. The van der Waals surface area contributed by atoms with E-state index in [1.54, 1.807) is 0 Å². The van der Waals surface area contributed by atoms with Gasteiger partial charge in [0.05, 0.1) is 6.10 Å². The van der Waals surface area contributed by atoms with E-state index < -0.39 is 0 Å². The molecule has 1 N–H and O–H groups in total. The van der Waals surface area contributed by atoms with Gasteiger partial charge < -0.3 is 10.1 Å². The minimum Gasteiger partial charge on any atom is -0.378 e. The molecule has 3 atom stereocenters. The zero-order valence-electron chi connectivity index (χ0n) is 9.46. The predicted octanol–water partition coefficient (Wildman–Crippen LogP) is 2.19. The van der Waals surface area contributed by atoms with Crippen LogP contribution in [0.15, 0.2) is 0 Å². The van der Waals surface area contributed by atoms with Crippen LogP contribution in [-0.4, -0.2) is 25.3 Å². The summed E-state index contributed by atoms with van der Waals surface area (Å²) < 4.78 is 5.75. The van der Waals surface area contributed by atoms with Crippen LogP contribution in [0.1, 0.15) is 39.5 Å². The Labute approximate surface area is 87.4 Å². The molecule has 1 saturated heterocycles. The molecular formula is C12H23NO. The van der Waals surface area contributed by atoms with Gasteiger partial charge in [0.25, 0.3) is 0 Å². The van der Waals surface area contributed by atoms with Crippen molar-refractivity contribution in [3.05, 3.63) is 0 Å². The summed E-state index contributed by atoms with van der Waals surface area (Å²) in [6.07, 6.45) is 5.85. The molecule has 1 heterocycles. The summed E-state index contributed by atoms with van der Waals surface area (Å²) in [7, 11) is 0. The van der Waals surface area contributed by atoms with Gasteiger partial charge >= 0.3 is 0 Å². The average Bonchev–Trinajstić information content (AvgIpc) is 2.62. The topological polar surface area (TPSA) is 21.3 Å². The summed E-state index contributed by atoms with van der Waals surface area (Å²) in [6, 6.07) is 0.735. The van der Waals surface area contributed by atoms with Gasteiger partial charge in [-0.3, -0.25) is 0 Å². The monoisotopic (exact) mass is 197 g/mol. The zero-order valence-corrected chi connectivity index (χ0v) is 9.46. The Balaban J connectivity index is 1.84. The summed E-state index contributed by atoms with van der Waals surface area (Å²) >= 11 is 0. The number of ether oxygens (including phenoxy) is 1. The summed E-state index contributed by atoms with van der Waals surface area (Å²) in [5.41, 5.74) is 0. The molecule has 0 aromatic carbocycles. The van der Waals surface area contributed by atoms with E-state index in [0.717, 1.165) is 31.0 Å². The standard InChI is InChI=1S/C12H23NO/c1-9(2)8-13-11-4-3-5-12-10(11)6-7-14-12/h9-13H,3-8H2,1-2H3. The van der Waals surface area contributed by atoms with Crippen LogP contribution in [0, 0.1) is 11.8 Å². The highest BCUT2D eigenvalue weighted by Gasteiger charge is 2.37. The highest BCUT2D eigenvalue weighted by atomic mass is 16.5. The quantitative estimate of drug-likeness (QED) is 0.749. The first kappa shape index (κ1) is 10.4. The second-order valence-electron chi connectivity index (χ2n) is 5.20. The smallest absolute Gasteiger partial charge is 0.0619 e. The van der Waals surface area contributed by atoms with E-state index in [4.69, 9.17) is 4.74 Å². The van der Waals surface area contributed by atoms with Gasteiger partial charge in [0, 0.05) is 18.6 Å². The average molecular weight is 197 g/mol. The van der Waals surface area contributed by atoms with Crippen LogP contribution in [0.3, 0.4) is 0 Å². The summed E-state index contributed by atoms with van der Waals surface area (Å²) in [5.74, 6) is 1.57. The molecular weight excluding hydrogens is 174 g/mol. The van der Waals surface area contributed by atoms with Gasteiger partial charge in [-0.1, -0.05) is 13.8 Å². The number of rotatable bonds is 3. The third kappa shape index (κ3) is 2.29. The van der Waals surface area contributed by atoms with Crippen molar-refractivity contribution in [2.75, 3.05) is 13.2 Å². The molecule has 0 amide bonds.